The third-order valence-corrected chi connectivity index (χ3v) is 3.21. The molecular formula is C12H22N4O4. The molecule has 0 spiro atoms. The van der Waals surface area contributed by atoms with Crippen LogP contribution in [0.3, 0.4) is 0 Å². The number of carboxylic acid groups (broad SMARTS) is 1. The second-order valence-corrected chi connectivity index (χ2v) is 4.80. The van der Waals surface area contributed by atoms with Crippen LogP contribution in [0.4, 0.5) is 4.79 Å². The van der Waals surface area contributed by atoms with Crippen LogP contribution in [0.25, 0.3) is 0 Å². The molecule has 0 saturated carbocycles. The highest BCUT2D eigenvalue weighted by atomic mass is 16.4. The van der Waals surface area contributed by atoms with Crippen LogP contribution in [-0.2, 0) is 9.59 Å². The quantitative estimate of drug-likeness (QED) is 0.610. The summed E-state index contributed by atoms with van der Waals surface area (Å²) in [5, 5.41) is 13.9. The van der Waals surface area contributed by atoms with Gasteiger partial charge < -0.3 is 20.6 Å². The summed E-state index contributed by atoms with van der Waals surface area (Å²) in [7, 11) is 1.51. The largest absolute Gasteiger partial charge is 0.480 e. The van der Waals surface area contributed by atoms with Crippen LogP contribution in [-0.4, -0.2) is 78.6 Å². The molecule has 1 rings (SSSR count). The average molecular weight is 286 g/mol. The van der Waals surface area contributed by atoms with Gasteiger partial charge in [-0.05, 0) is 13.3 Å². The molecule has 0 aromatic heterocycles. The minimum absolute atomic E-state index is 0.00982. The van der Waals surface area contributed by atoms with E-state index in [1.807, 2.05) is 0 Å². The Labute approximate surface area is 118 Å². The Morgan fingerprint density at radius 3 is 2.50 bits per heavy atom. The van der Waals surface area contributed by atoms with E-state index in [9.17, 15) is 14.4 Å². The van der Waals surface area contributed by atoms with Gasteiger partial charge in [0.2, 0.25) is 5.91 Å². The van der Waals surface area contributed by atoms with E-state index in [2.05, 4.69) is 10.6 Å². The van der Waals surface area contributed by atoms with Gasteiger partial charge in [-0.3, -0.25) is 14.5 Å². The number of hydrogen-bond donors (Lipinski definition) is 3. The van der Waals surface area contributed by atoms with Gasteiger partial charge >= 0.3 is 12.0 Å². The van der Waals surface area contributed by atoms with Crippen molar-refractivity contribution in [3.63, 3.8) is 0 Å². The van der Waals surface area contributed by atoms with Crippen LogP contribution < -0.4 is 10.6 Å². The molecule has 3 amide bonds. The monoisotopic (exact) mass is 286 g/mol. The molecule has 1 atom stereocenters. The van der Waals surface area contributed by atoms with Crippen molar-refractivity contribution in [2.75, 3.05) is 39.8 Å². The summed E-state index contributed by atoms with van der Waals surface area (Å²) in [4.78, 5) is 37.4. The number of nitrogens with zero attached hydrogens (tertiary/aromatic N) is 2. The number of carboxylic acids is 1. The lowest BCUT2D eigenvalue weighted by Gasteiger charge is -2.23. The number of rotatable bonds is 4. The zero-order valence-electron chi connectivity index (χ0n) is 11.9. The van der Waals surface area contributed by atoms with Crippen LogP contribution in [0.15, 0.2) is 0 Å². The molecule has 8 nitrogen and oxygen atoms in total. The maximum atomic E-state index is 12.0. The lowest BCUT2D eigenvalue weighted by Crippen LogP contribution is -2.50. The number of carbonyl (C=O) groups is 3. The molecule has 1 aliphatic heterocycles. The van der Waals surface area contributed by atoms with Crippen LogP contribution in [0.1, 0.15) is 13.3 Å². The number of carbonyl (C=O) groups excluding carboxylic acids is 2. The maximum absolute atomic E-state index is 12.0. The van der Waals surface area contributed by atoms with Gasteiger partial charge in [0.05, 0.1) is 6.54 Å². The summed E-state index contributed by atoms with van der Waals surface area (Å²) >= 11 is 0. The topological polar surface area (TPSA) is 102 Å². The van der Waals surface area contributed by atoms with Gasteiger partial charge in [0, 0.05) is 33.2 Å². The Kier molecular flexibility index (Phi) is 6.23. The summed E-state index contributed by atoms with van der Waals surface area (Å²) in [5.41, 5.74) is 0. The molecule has 0 aliphatic carbocycles. The number of aliphatic carboxylic acids is 1. The summed E-state index contributed by atoms with van der Waals surface area (Å²) in [6.07, 6.45) is 0.717. The fourth-order valence-corrected chi connectivity index (χ4v) is 2.08. The fraction of sp³-hybridized carbons (Fsp3) is 0.750. The molecule has 1 heterocycles. The lowest BCUT2D eigenvalue weighted by atomic mass is 10.3. The van der Waals surface area contributed by atoms with E-state index in [1.165, 1.54) is 7.05 Å². The molecule has 0 aromatic rings. The summed E-state index contributed by atoms with van der Waals surface area (Å²) < 4.78 is 0. The zero-order valence-corrected chi connectivity index (χ0v) is 11.9. The van der Waals surface area contributed by atoms with E-state index in [4.69, 9.17) is 5.11 Å². The van der Waals surface area contributed by atoms with E-state index < -0.39 is 12.0 Å². The van der Waals surface area contributed by atoms with E-state index in [0.29, 0.717) is 26.2 Å². The molecule has 0 radical (unpaired) electrons. The van der Waals surface area contributed by atoms with Gasteiger partial charge in [-0.15, -0.1) is 0 Å². The molecule has 1 fully saturated rings. The van der Waals surface area contributed by atoms with Crippen molar-refractivity contribution in [2.24, 2.45) is 0 Å². The highest BCUT2D eigenvalue weighted by Gasteiger charge is 2.22. The van der Waals surface area contributed by atoms with E-state index in [0.717, 1.165) is 6.42 Å². The van der Waals surface area contributed by atoms with Gasteiger partial charge in [-0.2, -0.15) is 0 Å². The maximum Gasteiger partial charge on any atom is 0.318 e. The highest BCUT2D eigenvalue weighted by molar-refractivity contribution is 5.86. The molecule has 3 N–H and O–H groups in total. The molecule has 20 heavy (non-hydrogen) atoms. The van der Waals surface area contributed by atoms with Crippen LogP contribution in [0.2, 0.25) is 0 Å². The first-order chi connectivity index (χ1) is 9.43. The smallest absolute Gasteiger partial charge is 0.318 e. The van der Waals surface area contributed by atoms with Crippen molar-refractivity contribution in [1.29, 1.82) is 0 Å². The second kappa shape index (κ2) is 7.68. The first kappa shape index (κ1) is 16.2. The van der Waals surface area contributed by atoms with Gasteiger partial charge in [0.25, 0.3) is 0 Å². The Morgan fingerprint density at radius 1 is 1.20 bits per heavy atom. The number of hydrogen-bond acceptors (Lipinski definition) is 4. The van der Waals surface area contributed by atoms with Crippen molar-refractivity contribution >= 4 is 17.9 Å². The standard InChI is InChI=1S/C12H22N4O4/c1-9(11(19)13-2)14-12(20)16-5-3-4-15(6-7-16)8-10(17)18/h9H,3-8H2,1-2H3,(H,13,19)(H,14,20)(H,17,18). The Hall–Kier alpha value is -1.83. The fourth-order valence-electron chi connectivity index (χ4n) is 2.08. The van der Waals surface area contributed by atoms with Crippen molar-refractivity contribution in [3.05, 3.63) is 0 Å². The Bertz CT molecular complexity index is 374. The SMILES string of the molecule is CNC(=O)C(C)NC(=O)N1CCCN(CC(=O)O)CC1. The van der Waals surface area contributed by atoms with Crippen molar-refractivity contribution in [1.82, 2.24) is 20.4 Å². The van der Waals surface area contributed by atoms with E-state index in [1.54, 1.807) is 16.7 Å². The predicted octanol–water partition coefficient (Wildman–Crippen LogP) is -1.08. The molecule has 0 bridgehead atoms. The third kappa shape index (κ3) is 5.04. The number of urea groups is 1. The molecule has 1 aliphatic rings. The summed E-state index contributed by atoms with van der Waals surface area (Å²) in [6.45, 7) is 3.80. The third-order valence-electron chi connectivity index (χ3n) is 3.21. The number of likely N-dealkylation sites (N-methyl/N-ethyl adjacent to an activating group) is 1. The van der Waals surface area contributed by atoms with Crippen molar-refractivity contribution in [2.45, 2.75) is 19.4 Å². The van der Waals surface area contributed by atoms with Crippen LogP contribution >= 0.6 is 0 Å². The molecule has 1 unspecified atom stereocenters. The minimum atomic E-state index is -0.865. The van der Waals surface area contributed by atoms with Crippen LogP contribution in [0, 0.1) is 0 Å². The second-order valence-electron chi connectivity index (χ2n) is 4.80. The number of nitrogens with one attached hydrogen (secondary N) is 2. The molecule has 0 aromatic carbocycles. The van der Waals surface area contributed by atoms with E-state index in [-0.39, 0.29) is 18.5 Å². The zero-order chi connectivity index (χ0) is 15.1. The molecule has 114 valence electrons. The summed E-state index contributed by atoms with van der Waals surface area (Å²) in [5.74, 6) is -1.11. The Morgan fingerprint density at radius 2 is 1.90 bits per heavy atom. The minimum Gasteiger partial charge on any atom is -0.480 e. The lowest BCUT2D eigenvalue weighted by molar-refractivity contribution is -0.138. The molecular weight excluding hydrogens is 264 g/mol. The van der Waals surface area contributed by atoms with Crippen LogP contribution in [0.5, 0.6) is 0 Å². The van der Waals surface area contributed by atoms with Gasteiger partial charge in [-0.25, -0.2) is 4.79 Å². The first-order valence-electron chi connectivity index (χ1n) is 6.65. The number of amides is 3. The van der Waals surface area contributed by atoms with Gasteiger partial charge in [0.15, 0.2) is 0 Å². The predicted molar refractivity (Wildman–Crippen MR) is 72.3 cm³/mol. The summed E-state index contributed by atoms with van der Waals surface area (Å²) in [6, 6.07) is -0.885. The molecule has 1 saturated heterocycles. The van der Waals surface area contributed by atoms with Crippen molar-refractivity contribution < 1.29 is 19.5 Å². The average Bonchev–Trinajstić information content (AvgIpc) is 2.62. The highest BCUT2D eigenvalue weighted by Crippen LogP contribution is 2.03. The normalized spacial score (nSPS) is 18.0. The van der Waals surface area contributed by atoms with Crippen molar-refractivity contribution in [3.8, 4) is 0 Å². The Balaban J connectivity index is 2.46. The van der Waals surface area contributed by atoms with Gasteiger partial charge in [-0.1, -0.05) is 0 Å². The van der Waals surface area contributed by atoms with E-state index >= 15 is 0 Å². The molecule has 8 heteroatoms. The first-order valence-corrected chi connectivity index (χ1v) is 6.65. The van der Waals surface area contributed by atoms with Gasteiger partial charge in [0.1, 0.15) is 6.04 Å².